The van der Waals surface area contributed by atoms with E-state index in [0.717, 1.165) is 17.2 Å². The second kappa shape index (κ2) is 5.89. The van der Waals surface area contributed by atoms with Gasteiger partial charge in [-0.2, -0.15) is 0 Å². The van der Waals surface area contributed by atoms with Crippen molar-refractivity contribution in [2.24, 2.45) is 0 Å². The summed E-state index contributed by atoms with van der Waals surface area (Å²) in [5.41, 5.74) is 0.991. The highest BCUT2D eigenvalue weighted by Crippen LogP contribution is 2.23. The average molecular weight is 304 g/mol. The molecule has 0 saturated heterocycles. The van der Waals surface area contributed by atoms with E-state index in [0.29, 0.717) is 6.54 Å². The summed E-state index contributed by atoms with van der Waals surface area (Å²) < 4.78 is 22.7. The van der Waals surface area contributed by atoms with Crippen molar-refractivity contribution >= 4 is 21.2 Å². The van der Waals surface area contributed by atoms with Crippen molar-refractivity contribution in [3.05, 3.63) is 15.6 Å². The molecule has 1 heterocycles. The monoisotopic (exact) mass is 304 g/mol. The fourth-order valence-corrected chi connectivity index (χ4v) is 3.33. The van der Waals surface area contributed by atoms with Crippen LogP contribution in [0.5, 0.6) is 0 Å². The summed E-state index contributed by atoms with van der Waals surface area (Å²) in [6, 6.07) is 0. The minimum absolute atomic E-state index is 0.0605. The van der Waals surface area contributed by atoms with Crippen LogP contribution in [0.25, 0.3) is 0 Å². The number of hydrogen-bond donors (Lipinski definition) is 0. The minimum atomic E-state index is -2.93. The molecule has 0 fully saturated rings. The summed E-state index contributed by atoms with van der Waals surface area (Å²) in [6.45, 7) is 11.7. The molecule has 1 aromatic rings. The van der Waals surface area contributed by atoms with Gasteiger partial charge in [-0.3, -0.25) is 4.90 Å². The fraction of sp³-hybridized carbons (Fsp3) is 0.769. The van der Waals surface area contributed by atoms with Crippen LogP contribution in [0, 0.1) is 13.8 Å². The molecule has 0 atom stereocenters. The van der Waals surface area contributed by atoms with Crippen molar-refractivity contribution in [2.75, 3.05) is 18.6 Å². The molecule has 4 nitrogen and oxygen atoms in total. The lowest BCUT2D eigenvalue weighted by molar-refractivity contribution is 0.138. The first kappa shape index (κ1) is 16.6. The first-order chi connectivity index (χ1) is 8.49. The molecule has 0 aliphatic carbocycles. The largest absolute Gasteiger partial charge is 0.292 e. The molecule has 0 aliphatic rings. The van der Waals surface area contributed by atoms with Crippen LogP contribution >= 0.6 is 11.3 Å². The van der Waals surface area contributed by atoms with Gasteiger partial charge in [-0.25, -0.2) is 13.4 Å². The van der Waals surface area contributed by atoms with Crippen molar-refractivity contribution in [3.8, 4) is 0 Å². The Morgan fingerprint density at radius 2 is 1.84 bits per heavy atom. The van der Waals surface area contributed by atoms with Crippen LogP contribution in [0.4, 0.5) is 0 Å². The molecule has 1 rings (SSSR count). The molecule has 0 radical (unpaired) electrons. The first-order valence-electron chi connectivity index (χ1n) is 6.35. The molecule has 1 aromatic heterocycles. The smallest absolute Gasteiger partial charge is 0.148 e. The Bertz CT molecular complexity index is 527. The Balaban J connectivity index is 2.84. The zero-order valence-electron chi connectivity index (χ0n) is 12.6. The number of thiazole rings is 1. The fourth-order valence-electron chi connectivity index (χ4n) is 1.82. The summed E-state index contributed by atoms with van der Waals surface area (Å²) in [6.07, 6.45) is 1.29. The molecule has 0 aromatic carbocycles. The van der Waals surface area contributed by atoms with Gasteiger partial charge in [-0.15, -0.1) is 11.3 Å². The molecule has 19 heavy (non-hydrogen) atoms. The molecule has 0 saturated carbocycles. The van der Waals surface area contributed by atoms with Crippen LogP contribution in [0.2, 0.25) is 0 Å². The van der Waals surface area contributed by atoms with Crippen molar-refractivity contribution in [3.63, 3.8) is 0 Å². The lowest BCUT2D eigenvalue weighted by Gasteiger charge is -2.35. The zero-order chi connectivity index (χ0) is 14.8. The van der Waals surface area contributed by atoms with E-state index in [2.05, 4.69) is 30.7 Å². The molecular weight excluding hydrogens is 280 g/mol. The van der Waals surface area contributed by atoms with Crippen LogP contribution in [-0.4, -0.2) is 42.4 Å². The average Bonchev–Trinajstić information content (AvgIpc) is 2.48. The normalized spacial score (nSPS) is 13.2. The molecule has 6 heteroatoms. The van der Waals surface area contributed by atoms with Crippen LogP contribution < -0.4 is 0 Å². The van der Waals surface area contributed by atoms with Gasteiger partial charge in [0.1, 0.15) is 9.84 Å². The molecule has 0 unspecified atom stereocenters. The third kappa shape index (κ3) is 5.58. The summed E-state index contributed by atoms with van der Waals surface area (Å²) in [5.74, 6) is 0.196. The summed E-state index contributed by atoms with van der Waals surface area (Å²) >= 11 is 1.69. The first-order valence-corrected chi connectivity index (χ1v) is 9.22. The van der Waals surface area contributed by atoms with Gasteiger partial charge in [0.25, 0.3) is 0 Å². The van der Waals surface area contributed by atoms with Crippen molar-refractivity contribution < 1.29 is 8.42 Å². The van der Waals surface area contributed by atoms with Crippen LogP contribution in [-0.2, 0) is 16.4 Å². The Morgan fingerprint density at radius 1 is 1.26 bits per heavy atom. The van der Waals surface area contributed by atoms with Crippen LogP contribution in [0.15, 0.2) is 0 Å². The van der Waals surface area contributed by atoms with E-state index in [1.54, 1.807) is 11.3 Å². The predicted octanol–water partition coefficient (Wildman–Crippen LogP) is 2.41. The molecule has 0 bridgehead atoms. The van der Waals surface area contributed by atoms with Crippen molar-refractivity contribution in [1.82, 2.24) is 9.88 Å². The van der Waals surface area contributed by atoms with Crippen LogP contribution in [0.3, 0.4) is 0 Å². The van der Waals surface area contributed by atoms with Crippen molar-refractivity contribution in [2.45, 2.75) is 46.7 Å². The third-order valence-corrected chi connectivity index (χ3v) is 5.00. The number of sulfone groups is 1. The second-order valence-electron chi connectivity index (χ2n) is 5.96. The van der Waals surface area contributed by atoms with Gasteiger partial charge >= 0.3 is 0 Å². The lowest BCUT2D eigenvalue weighted by Crippen LogP contribution is -2.43. The SMILES string of the molecule is Cc1nc(C)c(CN(CCS(C)(=O)=O)C(C)(C)C)s1. The summed E-state index contributed by atoms with van der Waals surface area (Å²) in [5, 5.41) is 1.06. The quantitative estimate of drug-likeness (QED) is 0.838. The maximum absolute atomic E-state index is 11.3. The van der Waals surface area contributed by atoms with Crippen molar-refractivity contribution in [1.29, 1.82) is 0 Å². The van der Waals surface area contributed by atoms with Gasteiger partial charge < -0.3 is 0 Å². The molecule has 0 spiro atoms. The van der Waals surface area contributed by atoms with E-state index in [-0.39, 0.29) is 11.3 Å². The molecule has 0 amide bonds. The highest BCUT2D eigenvalue weighted by Gasteiger charge is 2.24. The summed E-state index contributed by atoms with van der Waals surface area (Å²) in [4.78, 5) is 7.85. The second-order valence-corrected chi connectivity index (χ2v) is 9.51. The highest BCUT2D eigenvalue weighted by molar-refractivity contribution is 7.90. The summed E-state index contributed by atoms with van der Waals surface area (Å²) in [7, 11) is -2.93. The number of aromatic nitrogens is 1. The van der Waals surface area contributed by atoms with Gasteiger partial charge in [-0.1, -0.05) is 0 Å². The maximum Gasteiger partial charge on any atom is 0.148 e. The van der Waals surface area contributed by atoms with Crippen LogP contribution in [0.1, 0.15) is 36.3 Å². The Hall–Kier alpha value is -0.460. The Morgan fingerprint density at radius 3 is 2.21 bits per heavy atom. The maximum atomic E-state index is 11.3. The number of rotatable bonds is 5. The van der Waals surface area contributed by atoms with Gasteiger partial charge in [0.15, 0.2) is 0 Å². The van der Waals surface area contributed by atoms with E-state index in [9.17, 15) is 8.42 Å². The lowest BCUT2D eigenvalue weighted by atomic mass is 10.1. The van der Waals surface area contributed by atoms with Gasteiger partial charge in [0.2, 0.25) is 0 Å². The van der Waals surface area contributed by atoms with E-state index in [4.69, 9.17) is 0 Å². The van der Waals surface area contributed by atoms with Gasteiger partial charge in [0, 0.05) is 29.8 Å². The topological polar surface area (TPSA) is 50.3 Å². The molecule has 0 N–H and O–H groups in total. The molecule has 0 aliphatic heterocycles. The highest BCUT2D eigenvalue weighted by atomic mass is 32.2. The molecule has 110 valence electrons. The van der Waals surface area contributed by atoms with Gasteiger partial charge in [0.05, 0.1) is 16.5 Å². The predicted molar refractivity (Wildman–Crippen MR) is 81.5 cm³/mol. The number of nitrogens with zero attached hydrogens (tertiary/aromatic N) is 2. The molecular formula is C13H24N2O2S2. The Labute approximate surface area is 120 Å². The van der Waals surface area contributed by atoms with E-state index in [1.165, 1.54) is 11.1 Å². The number of hydrogen-bond acceptors (Lipinski definition) is 5. The van der Waals surface area contributed by atoms with E-state index >= 15 is 0 Å². The van der Waals surface area contributed by atoms with Gasteiger partial charge in [-0.05, 0) is 34.6 Å². The Kier molecular flexibility index (Phi) is 5.15. The third-order valence-electron chi connectivity index (χ3n) is 3.01. The zero-order valence-corrected chi connectivity index (χ0v) is 14.3. The number of aryl methyl sites for hydroxylation is 2. The van der Waals surface area contributed by atoms with E-state index < -0.39 is 9.84 Å². The minimum Gasteiger partial charge on any atom is -0.292 e. The van der Waals surface area contributed by atoms with E-state index in [1.807, 2.05) is 13.8 Å². The standard InChI is InChI=1S/C13H24N2O2S2/c1-10-12(18-11(2)14-10)9-15(13(3,4)5)7-8-19(6,16)17/h7-9H2,1-6H3.